The van der Waals surface area contributed by atoms with E-state index in [2.05, 4.69) is 19.2 Å². The monoisotopic (exact) mass is 242 g/mol. The van der Waals surface area contributed by atoms with Gasteiger partial charge in [0.2, 0.25) is 5.91 Å². The van der Waals surface area contributed by atoms with Gasteiger partial charge in [0.05, 0.1) is 6.61 Å². The molecule has 1 saturated heterocycles. The van der Waals surface area contributed by atoms with E-state index in [-0.39, 0.29) is 11.9 Å². The maximum absolute atomic E-state index is 12.2. The second-order valence-corrected chi connectivity index (χ2v) is 5.02. The molecule has 1 N–H and O–H groups in total. The van der Waals surface area contributed by atoms with Crippen LogP contribution in [0.2, 0.25) is 0 Å². The third-order valence-corrected chi connectivity index (χ3v) is 3.31. The van der Waals surface area contributed by atoms with Crippen molar-refractivity contribution in [3.8, 4) is 0 Å². The fraction of sp³-hybridized carbons (Fsp3) is 0.923. The lowest BCUT2D eigenvalue weighted by Gasteiger charge is -2.30. The molecule has 1 heterocycles. The molecule has 0 aromatic carbocycles. The maximum Gasteiger partial charge on any atom is 0.224 e. The topological polar surface area (TPSA) is 41.6 Å². The lowest BCUT2D eigenvalue weighted by atomic mass is 10.0. The van der Waals surface area contributed by atoms with Gasteiger partial charge in [0.15, 0.2) is 0 Å². The molecule has 0 aliphatic carbocycles. The molecule has 1 aliphatic heterocycles. The average molecular weight is 242 g/mol. The normalized spacial score (nSPS) is 20.6. The number of ether oxygens (including phenoxy) is 1. The summed E-state index contributed by atoms with van der Waals surface area (Å²) in [6.07, 6.45) is 4.23. The number of amides is 1. The number of rotatable bonds is 6. The van der Waals surface area contributed by atoms with Gasteiger partial charge in [-0.3, -0.25) is 4.79 Å². The molecule has 4 heteroatoms. The standard InChI is InChI=1S/C13H26N2O2/c1-11(2)15(8-9-17-3)13(16)10-12-6-4-5-7-14-12/h11-12,14H,4-10H2,1-3H3. The Morgan fingerprint density at radius 2 is 2.24 bits per heavy atom. The molecule has 1 fully saturated rings. The first-order chi connectivity index (χ1) is 8.15. The van der Waals surface area contributed by atoms with Crippen molar-refractivity contribution in [1.29, 1.82) is 0 Å². The number of nitrogens with one attached hydrogen (secondary N) is 1. The van der Waals surface area contributed by atoms with Gasteiger partial charge in [-0.15, -0.1) is 0 Å². The Kier molecular flexibility index (Phi) is 6.52. The van der Waals surface area contributed by atoms with E-state index < -0.39 is 0 Å². The highest BCUT2D eigenvalue weighted by molar-refractivity contribution is 5.77. The Balaban J connectivity index is 2.40. The Morgan fingerprint density at radius 1 is 1.47 bits per heavy atom. The van der Waals surface area contributed by atoms with Gasteiger partial charge in [-0.1, -0.05) is 6.42 Å². The molecular formula is C13H26N2O2. The maximum atomic E-state index is 12.2. The van der Waals surface area contributed by atoms with Crippen molar-refractivity contribution in [2.75, 3.05) is 26.8 Å². The van der Waals surface area contributed by atoms with Crippen LogP contribution in [0.3, 0.4) is 0 Å². The summed E-state index contributed by atoms with van der Waals surface area (Å²) in [6, 6.07) is 0.626. The molecule has 0 saturated carbocycles. The van der Waals surface area contributed by atoms with Crippen molar-refractivity contribution in [3.05, 3.63) is 0 Å². The van der Waals surface area contributed by atoms with E-state index in [1.807, 2.05) is 4.90 Å². The minimum absolute atomic E-state index is 0.247. The molecule has 4 nitrogen and oxygen atoms in total. The van der Waals surface area contributed by atoms with Gasteiger partial charge in [-0.25, -0.2) is 0 Å². The van der Waals surface area contributed by atoms with Crippen LogP contribution in [0.25, 0.3) is 0 Å². The summed E-state index contributed by atoms with van der Waals surface area (Å²) < 4.78 is 5.05. The zero-order valence-corrected chi connectivity index (χ0v) is 11.4. The smallest absolute Gasteiger partial charge is 0.224 e. The lowest BCUT2D eigenvalue weighted by molar-refractivity contribution is -0.134. The lowest BCUT2D eigenvalue weighted by Crippen LogP contribution is -2.44. The quantitative estimate of drug-likeness (QED) is 0.765. The summed E-state index contributed by atoms with van der Waals surface area (Å²) in [6.45, 7) is 6.48. The second kappa shape index (κ2) is 7.67. The molecule has 1 unspecified atom stereocenters. The Morgan fingerprint density at radius 3 is 2.76 bits per heavy atom. The van der Waals surface area contributed by atoms with E-state index in [0.717, 1.165) is 13.0 Å². The first kappa shape index (κ1) is 14.5. The highest BCUT2D eigenvalue weighted by Gasteiger charge is 2.22. The Hall–Kier alpha value is -0.610. The van der Waals surface area contributed by atoms with Crippen LogP contribution in [0.5, 0.6) is 0 Å². The SMILES string of the molecule is COCCN(C(=O)CC1CCCCN1)C(C)C. The Bertz CT molecular complexity index is 225. The van der Waals surface area contributed by atoms with Gasteiger partial charge >= 0.3 is 0 Å². The van der Waals surface area contributed by atoms with Crippen molar-refractivity contribution < 1.29 is 9.53 Å². The van der Waals surface area contributed by atoms with Crippen molar-refractivity contribution in [1.82, 2.24) is 10.2 Å². The van der Waals surface area contributed by atoms with Crippen molar-refractivity contribution in [2.45, 2.75) is 51.6 Å². The zero-order chi connectivity index (χ0) is 12.7. The predicted octanol–water partition coefficient (Wildman–Crippen LogP) is 1.40. The number of hydrogen-bond acceptors (Lipinski definition) is 3. The number of nitrogens with zero attached hydrogens (tertiary/aromatic N) is 1. The van der Waals surface area contributed by atoms with E-state index in [4.69, 9.17) is 4.74 Å². The van der Waals surface area contributed by atoms with Crippen LogP contribution in [-0.2, 0) is 9.53 Å². The van der Waals surface area contributed by atoms with Crippen LogP contribution in [0, 0.1) is 0 Å². The summed E-state index contributed by atoms with van der Waals surface area (Å²) in [5, 5.41) is 3.42. The fourth-order valence-corrected chi connectivity index (χ4v) is 2.29. The summed E-state index contributed by atoms with van der Waals surface area (Å²) >= 11 is 0. The molecule has 0 spiro atoms. The molecule has 0 radical (unpaired) electrons. The molecule has 100 valence electrons. The number of carbonyl (C=O) groups is 1. The molecule has 0 bridgehead atoms. The predicted molar refractivity (Wildman–Crippen MR) is 69.0 cm³/mol. The van der Waals surface area contributed by atoms with Gasteiger partial charge in [-0.2, -0.15) is 0 Å². The highest BCUT2D eigenvalue weighted by Crippen LogP contribution is 2.12. The van der Waals surface area contributed by atoms with E-state index in [9.17, 15) is 4.79 Å². The average Bonchev–Trinajstić information content (AvgIpc) is 2.30. The van der Waals surface area contributed by atoms with E-state index in [0.29, 0.717) is 25.6 Å². The molecule has 1 aliphatic rings. The summed E-state index contributed by atoms with van der Waals surface area (Å²) in [5.74, 6) is 0.247. The van der Waals surface area contributed by atoms with Gasteiger partial charge in [0, 0.05) is 32.2 Å². The first-order valence-electron chi connectivity index (χ1n) is 6.67. The van der Waals surface area contributed by atoms with Crippen LogP contribution in [-0.4, -0.2) is 49.7 Å². The van der Waals surface area contributed by atoms with Crippen molar-refractivity contribution in [3.63, 3.8) is 0 Å². The van der Waals surface area contributed by atoms with Crippen LogP contribution in [0.15, 0.2) is 0 Å². The number of hydrogen-bond donors (Lipinski definition) is 1. The minimum Gasteiger partial charge on any atom is -0.383 e. The van der Waals surface area contributed by atoms with Crippen molar-refractivity contribution in [2.24, 2.45) is 0 Å². The summed E-state index contributed by atoms with van der Waals surface area (Å²) in [4.78, 5) is 14.1. The van der Waals surface area contributed by atoms with Crippen LogP contribution in [0.4, 0.5) is 0 Å². The highest BCUT2D eigenvalue weighted by atomic mass is 16.5. The third kappa shape index (κ3) is 5.04. The van der Waals surface area contributed by atoms with Crippen LogP contribution < -0.4 is 5.32 Å². The number of piperidine rings is 1. The summed E-state index contributed by atoms with van der Waals surface area (Å²) in [7, 11) is 1.67. The zero-order valence-electron chi connectivity index (χ0n) is 11.4. The molecule has 0 aromatic rings. The fourth-order valence-electron chi connectivity index (χ4n) is 2.29. The van der Waals surface area contributed by atoms with Crippen LogP contribution in [0.1, 0.15) is 39.5 Å². The van der Waals surface area contributed by atoms with E-state index in [1.165, 1.54) is 12.8 Å². The van der Waals surface area contributed by atoms with Gasteiger partial charge in [0.1, 0.15) is 0 Å². The van der Waals surface area contributed by atoms with Gasteiger partial charge < -0.3 is 15.0 Å². The Labute approximate surface area is 105 Å². The molecule has 0 aromatic heterocycles. The number of carbonyl (C=O) groups excluding carboxylic acids is 1. The molecule has 1 atom stereocenters. The second-order valence-electron chi connectivity index (χ2n) is 5.02. The first-order valence-corrected chi connectivity index (χ1v) is 6.67. The molecule has 17 heavy (non-hydrogen) atoms. The third-order valence-electron chi connectivity index (χ3n) is 3.31. The molecule has 1 rings (SSSR count). The molecule has 1 amide bonds. The van der Waals surface area contributed by atoms with E-state index >= 15 is 0 Å². The van der Waals surface area contributed by atoms with Gasteiger partial charge in [0.25, 0.3) is 0 Å². The van der Waals surface area contributed by atoms with Gasteiger partial charge in [-0.05, 0) is 33.2 Å². The summed E-state index contributed by atoms with van der Waals surface area (Å²) in [5.41, 5.74) is 0. The van der Waals surface area contributed by atoms with E-state index in [1.54, 1.807) is 7.11 Å². The largest absolute Gasteiger partial charge is 0.383 e. The van der Waals surface area contributed by atoms with Crippen molar-refractivity contribution >= 4 is 5.91 Å². The van der Waals surface area contributed by atoms with Crippen LogP contribution >= 0.6 is 0 Å². The molecular weight excluding hydrogens is 216 g/mol. The minimum atomic E-state index is 0.247. The number of methoxy groups -OCH3 is 1.